The molecule has 1 atom stereocenters. The molecule has 23 heavy (non-hydrogen) atoms. The minimum absolute atomic E-state index is 0.139. The largest absolute Gasteiger partial charge is 0.493 e. The number of fused-ring (bicyclic) bond motifs is 1. The minimum atomic E-state index is -0.510. The summed E-state index contributed by atoms with van der Waals surface area (Å²) >= 11 is 0. The molecule has 0 unspecified atom stereocenters. The van der Waals surface area contributed by atoms with Crippen molar-refractivity contribution in [3.63, 3.8) is 0 Å². The highest BCUT2D eigenvalue weighted by atomic mass is 16.6. The first-order valence-electron chi connectivity index (χ1n) is 7.75. The number of nitrogens with one attached hydrogen (secondary N) is 2. The summed E-state index contributed by atoms with van der Waals surface area (Å²) < 4.78 is 16.3. The average Bonchev–Trinajstić information content (AvgIpc) is 2.78. The van der Waals surface area contributed by atoms with Crippen molar-refractivity contribution in [2.45, 2.75) is 25.3 Å². The van der Waals surface area contributed by atoms with E-state index >= 15 is 0 Å². The van der Waals surface area contributed by atoms with Crippen molar-refractivity contribution in [1.29, 1.82) is 0 Å². The molecule has 2 aliphatic rings. The van der Waals surface area contributed by atoms with Crippen LogP contribution in [0.1, 0.15) is 29.6 Å². The highest BCUT2D eigenvalue weighted by Gasteiger charge is 2.25. The van der Waals surface area contributed by atoms with Gasteiger partial charge in [-0.3, -0.25) is 9.59 Å². The zero-order valence-corrected chi connectivity index (χ0v) is 13.0. The Hall–Kier alpha value is -2.44. The van der Waals surface area contributed by atoms with Gasteiger partial charge < -0.3 is 24.8 Å². The van der Waals surface area contributed by atoms with E-state index in [4.69, 9.17) is 14.2 Å². The van der Waals surface area contributed by atoms with Gasteiger partial charge in [-0.25, -0.2) is 0 Å². The van der Waals surface area contributed by atoms with Gasteiger partial charge in [0.15, 0.2) is 11.5 Å². The molecule has 2 N–H and O–H groups in total. The fourth-order valence-corrected chi connectivity index (χ4v) is 2.72. The maximum Gasteiger partial charge on any atom is 0.252 e. The Balaban J connectivity index is 1.80. The van der Waals surface area contributed by atoms with Gasteiger partial charge in [0.25, 0.3) is 5.91 Å². The van der Waals surface area contributed by atoms with Gasteiger partial charge in [-0.2, -0.15) is 0 Å². The van der Waals surface area contributed by atoms with E-state index in [0.29, 0.717) is 49.0 Å². The number of methoxy groups -OCH3 is 1. The molecule has 0 bridgehead atoms. The van der Waals surface area contributed by atoms with E-state index in [2.05, 4.69) is 10.6 Å². The van der Waals surface area contributed by atoms with Crippen molar-refractivity contribution in [2.75, 3.05) is 26.9 Å². The van der Waals surface area contributed by atoms with Gasteiger partial charge in [-0.1, -0.05) is 0 Å². The van der Waals surface area contributed by atoms with E-state index < -0.39 is 6.04 Å². The van der Waals surface area contributed by atoms with Gasteiger partial charge in [0.05, 0.1) is 7.11 Å². The maximum absolute atomic E-state index is 12.5. The fraction of sp³-hybridized carbons (Fsp3) is 0.500. The Morgan fingerprint density at radius 3 is 2.96 bits per heavy atom. The molecule has 0 spiro atoms. The van der Waals surface area contributed by atoms with Gasteiger partial charge in [-0.15, -0.1) is 0 Å². The van der Waals surface area contributed by atoms with Crippen molar-refractivity contribution < 1.29 is 23.8 Å². The quantitative estimate of drug-likeness (QED) is 0.863. The molecule has 7 nitrogen and oxygen atoms in total. The third kappa shape index (κ3) is 3.33. The summed E-state index contributed by atoms with van der Waals surface area (Å²) in [5, 5.41) is 5.58. The summed E-state index contributed by atoms with van der Waals surface area (Å²) in [5.74, 6) is 0.953. The van der Waals surface area contributed by atoms with Crippen LogP contribution >= 0.6 is 0 Å². The van der Waals surface area contributed by atoms with Gasteiger partial charge in [0.1, 0.15) is 19.3 Å². The van der Waals surface area contributed by atoms with Crippen LogP contribution in [-0.2, 0) is 4.79 Å². The molecule has 1 fully saturated rings. The molecule has 3 rings (SSSR count). The van der Waals surface area contributed by atoms with Crippen LogP contribution in [0.25, 0.3) is 0 Å². The van der Waals surface area contributed by atoms with E-state index in [0.717, 1.165) is 12.8 Å². The molecule has 124 valence electrons. The molecular formula is C16H20N2O5. The van der Waals surface area contributed by atoms with Crippen LogP contribution in [0.4, 0.5) is 0 Å². The predicted molar refractivity (Wildman–Crippen MR) is 82.1 cm³/mol. The highest BCUT2D eigenvalue weighted by Crippen LogP contribution is 2.40. The van der Waals surface area contributed by atoms with Crippen LogP contribution in [0.15, 0.2) is 12.1 Å². The molecular weight excluding hydrogens is 300 g/mol. The Morgan fingerprint density at radius 2 is 2.13 bits per heavy atom. The van der Waals surface area contributed by atoms with Crippen molar-refractivity contribution in [3.05, 3.63) is 17.7 Å². The smallest absolute Gasteiger partial charge is 0.252 e. The zero-order chi connectivity index (χ0) is 16.2. The monoisotopic (exact) mass is 320 g/mol. The summed E-state index contributed by atoms with van der Waals surface area (Å²) in [6.07, 6.45) is 2.46. The fourth-order valence-electron chi connectivity index (χ4n) is 2.72. The van der Waals surface area contributed by atoms with E-state index in [1.165, 1.54) is 7.11 Å². The van der Waals surface area contributed by atoms with Crippen LogP contribution < -0.4 is 24.8 Å². The van der Waals surface area contributed by atoms with E-state index in [1.54, 1.807) is 12.1 Å². The standard InChI is InChI=1S/C16H20N2O5/c1-21-12-8-10(9-13-14(12)23-7-6-22-13)15(19)18-11-4-2-3-5-17-16(11)20/h8-9,11H,2-7H2,1H3,(H,17,20)(H,18,19)/t11-/m1/s1. The van der Waals surface area contributed by atoms with Crippen molar-refractivity contribution >= 4 is 11.8 Å². The second-order valence-electron chi connectivity index (χ2n) is 5.52. The van der Waals surface area contributed by atoms with Crippen LogP contribution in [0.5, 0.6) is 17.2 Å². The number of carbonyl (C=O) groups is 2. The SMILES string of the molecule is COc1cc(C(=O)N[C@@H]2CCCCNC2=O)cc2c1OCCO2. The lowest BCUT2D eigenvalue weighted by Crippen LogP contribution is -2.45. The summed E-state index contributed by atoms with van der Waals surface area (Å²) in [7, 11) is 1.51. The number of amides is 2. The first kappa shape index (κ1) is 15.5. The minimum Gasteiger partial charge on any atom is -0.493 e. The lowest BCUT2D eigenvalue weighted by atomic mass is 10.1. The van der Waals surface area contributed by atoms with Crippen LogP contribution in [0, 0.1) is 0 Å². The maximum atomic E-state index is 12.5. The van der Waals surface area contributed by atoms with Gasteiger partial charge in [0, 0.05) is 12.1 Å². The molecule has 1 saturated heterocycles. The second kappa shape index (κ2) is 6.76. The molecule has 2 amide bonds. The number of carbonyl (C=O) groups excluding carboxylic acids is 2. The third-order valence-electron chi connectivity index (χ3n) is 3.93. The van der Waals surface area contributed by atoms with Crippen molar-refractivity contribution in [1.82, 2.24) is 10.6 Å². The third-order valence-corrected chi connectivity index (χ3v) is 3.93. The first-order valence-corrected chi connectivity index (χ1v) is 7.75. The van der Waals surface area contributed by atoms with Crippen LogP contribution in [-0.4, -0.2) is 44.7 Å². The molecule has 0 saturated carbocycles. The predicted octanol–water partition coefficient (Wildman–Crippen LogP) is 0.865. The van der Waals surface area contributed by atoms with E-state index in [9.17, 15) is 9.59 Å². The number of hydrogen-bond donors (Lipinski definition) is 2. The van der Waals surface area contributed by atoms with Crippen LogP contribution in [0.3, 0.4) is 0 Å². The first-order chi connectivity index (χ1) is 11.2. The number of ether oxygens (including phenoxy) is 3. The van der Waals surface area contributed by atoms with Gasteiger partial charge >= 0.3 is 0 Å². The number of hydrogen-bond acceptors (Lipinski definition) is 5. The highest BCUT2D eigenvalue weighted by molar-refractivity contribution is 5.98. The lowest BCUT2D eigenvalue weighted by Gasteiger charge is -2.22. The molecule has 2 aliphatic heterocycles. The van der Waals surface area contributed by atoms with Crippen LogP contribution in [0.2, 0.25) is 0 Å². The molecule has 2 heterocycles. The molecule has 1 aromatic rings. The number of benzene rings is 1. The summed E-state index contributed by atoms with van der Waals surface area (Å²) in [6.45, 7) is 1.52. The molecule has 0 aromatic heterocycles. The summed E-state index contributed by atoms with van der Waals surface area (Å²) in [6, 6.07) is 2.70. The normalized spacial score (nSPS) is 20.2. The molecule has 0 radical (unpaired) electrons. The van der Waals surface area contributed by atoms with E-state index in [1.807, 2.05) is 0 Å². The Kier molecular flexibility index (Phi) is 4.55. The van der Waals surface area contributed by atoms with Gasteiger partial charge in [-0.05, 0) is 31.4 Å². The molecule has 1 aromatic carbocycles. The molecule has 0 aliphatic carbocycles. The Labute approximate surface area is 134 Å². The topological polar surface area (TPSA) is 85.9 Å². The summed E-state index contributed by atoms with van der Waals surface area (Å²) in [5.41, 5.74) is 0.378. The zero-order valence-electron chi connectivity index (χ0n) is 13.0. The van der Waals surface area contributed by atoms with Gasteiger partial charge in [0.2, 0.25) is 11.7 Å². The van der Waals surface area contributed by atoms with E-state index in [-0.39, 0.29) is 11.8 Å². The molecule has 7 heteroatoms. The Bertz CT molecular complexity index is 599. The summed E-state index contributed by atoms with van der Waals surface area (Å²) in [4.78, 5) is 24.4. The Morgan fingerprint density at radius 1 is 1.30 bits per heavy atom. The number of rotatable bonds is 3. The second-order valence-corrected chi connectivity index (χ2v) is 5.52. The van der Waals surface area contributed by atoms with Crippen molar-refractivity contribution in [3.8, 4) is 17.2 Å². The van der Waals surface area contributed by atoms with Crippen molar-refractivity contribution in [2.24, 2.45) is 0 Å². The average molecular weight is 320 g/mol. The lowest BCUT2D eigenvalue weighted by molar-refractivity contribution is -0.122.